The third-order valence-corrected chi connectivity index (χ3v) is 3.37. The van der Waals surface area contributed by atoms with Crippen molar-refractivity contribution in [2.24, 2.45) is 0 Å². The second-order valence-corrected chi connectivity index (χ2v) is 4.56. The highest BCUT2D eigenvalue weighted by molar-refractivity contribution is 6.00. The Hall–Kier alpha value is -2.30. The van der Waals surface area contributed by atoms with Gasteiger partial charge in [0.1, 0.15) is 0 Å². The molecule has 0 aliphatic carbocycles. The topological polar surface area (TPSA) is 29.1 Å². The van der Waals surface area contributed by atoms with E-state index in [2.05, 4.69) is 5.32 Å². The van der Waals surface area contributed by atoms with Crippen LogP contribution >= 0.6 is 0 Å². The van der Waals surface area contributed by atoms with Crippen LogP contribution in [0.4, 0.5) is 13.2 Å². The van der Waals surface area contributed by atoms with E-state index < -0.39 is 11.7 Å². The molecule has 0 radical (unpaired) electrons. The molecule has 3 rings (SSSR count). The Kier molecular flexibility index (Phi) is 2.78. The van der Waals surface area contributed by atoms with Gasteiger partial charge >= 0.3 is 6.18 Å². The standard InChI is InChI=1S/C15H10F3NO/c16-15(17,18)13-7-2-1-4-10(13)9-5-3-6-11-12(9)8-19-14(11)20/h1-7H,8H2,(H,19,20). The summed E-state index contributed by atoms with van der Waals surface area (Å²) in [6, 6.07) is 10.3. The second kappa shape index (κ2) is 4.37. The van der Waals surface area contributed by atoms with Gasteiger partial charge in [0.05, 0.1) is 5.56 Å². The van der Waals surface area contributed by atoms with Crippen molar-refractivity contribution in [3.05, 3.63) is 59.2 Å². The molecule has 102 valence electrons. The lowest BCUT2D eigenvalue weighted by molar-refractivity contribution is -0.137. The Bertz CT molecular complexity index is 692. The number of alkyl halides is 3. The second-order valence-electron chi connectivity index (χ2n) is 4.56. The van der Waals surface area contributed by atoms with Crippen molar-refractivity contribution >= 4 is 5.91 Å². The van der Waals surface area contributed by atoms with E-state index in [0.717, 1.165) is 6.07 Å². The average Bonchev–Trinajstić information content (AvgIpc) is 2.80. The first-order valence-corrected chi connectivity index (χ1v) is 6.05. The zero-order chi connectivity index (χ0) is 14.3. The molecule has 0 aromatic heterocycles. The molecule has 2 aromatic rings. The van der Waals surface area contributed by atoms with Gasteiger partial charge in [-0.15, -0.1) is 0 Å². The first-order valence-electron chi connectivity index (χ1n) is 6.05. The number of carbonyl (C=O) groups excluding carboxylic acids is 1. The van der Waals surface area contributed by atoms with Crippen molar-refractivity contribution in [1.82, 2.24) is 5.32 Å². The Labute approximate surface area is 113 Å². The molecule has 0 atom stereocenters. The van der Waals surface area contributed by atoms with Gasteiger partial charge in [0.15, 0.2) is 0 Å². The fourth-order valence-electron chi connectivity index (χ4n) is 2.47. The first-order chi connectivity index (χ1) is 9.48. The average molecular weight is 277 g/mol. The molecule has 1 aliphatic rings. The van der Waals surface area contributed by atoms with Crippen LogP contribution in [-0.2, 0) is 12.7 Å². The maximum absolute atomic E-state index is 13.1. The van der Waals surface area contributed by atoms with Crippen molar-refractivity contribution in [3.8, 4) is 11.1 Å². The molecule has 20 heavy (non-hydrogen) atoms. The number of halogens is 3. The molecule has 2 aromatic carbocycles. The molecule has 0 unspecified atom stereocenters. The van der Waals surface area contributed by atoms with E-state index in [4.69, 9.17) is 0 Å². The Morgan fingerprint density at radius 1 is 0.900 bits per heavy atom. The predicted octanol–water partition coefficient (Wildman–Crippen LogP) is 3.62. The minimum Gasteiger partial charge on any atom is -0.348 e. The largest absolute Gasteiger partial charge is 0.417 e. The van der Waals surface area contributed by atoms with Gasteiger partial charge in [-0.2, -0.15) is 13.2 Å². The van der Waals surface area contributed by atoms with Crippen LogP contribution in [0.25, 0.3) is 11.1 Å². The van der Waals surface area contributed by atoms with Crippen molar-refractivity contribution < 1.29 is 18.0 Å². The molecular formula is C15H10F3NO. The van der Waals surface area contributed by atoms with Crippen LogP contribution in [-0.4, -0.2) is 5.91 Å². The highest BCUT2D eigenvalue weighted by Crippen LogP contribution is 2.39. The summed E-state index contributed by atoms with van der Waals surface area (Å²) < 4.78 is 39.2. The molecule has 0 saturated heterocycles. The lowest BCUT2D eigenvalue weighted by Crippen LogP contribution is -2.12. The van der Waals surface area contributed by atoms with Crippen LogP contribution in [0.15, 0.2) is 42.5 Å². The van der Waals surface area contributed by atoms with Gasteiger partial charge in [-0.3, -0.25) is 4.79 Å². The van der Waals surface area contributed by atoms with E-state index in [9.17, 15) is 18.0 Å². The molecule has 0 saturated carbocycles. The van der Waals surface area contributed by atoms with Gasteiger partial charge < -0.3 is 5.32 Å². The van der Waals surface area contributed by atoms with Crippen LogP contribution in [0.2, 0.25) is 0 Å². The molecule has 2 nitrogen and oxygen atoms in total. The van der Waals surface area contributed by atoms with E-state index in [1.54, 1.807) is 24.3 Å². The minimum atomic E-state index is -4.42. The number of benzene rings is 2. The fraction of sp³-hybridized carbons (Fsp3) is 0.133. The summed E-state index contributed by atoms with van der Waals surface area (Å²) in [5.74, 6) is -0.244. The Balaban J connectivity index is 2.24. The minimum absolute atomic E-state index is 0.105. The zero-order valence-corrected chi connectivity index (χ0v) is 10.3. The molecule has 0 fully saturated rings. The number of hydrogen-bond donors (Lipinski definition) is 1. The zero-order valence-electron chi connectivity index (χ0n) is 10.3. The van der Waals surface area contributed by atoms with Crippen LogP contribution in [0.1, 0.15) is 21.5 Å². The van der Waals surface area contributed by atoms with Crippen molar-refractivity contribution in [3.63, 3.8) is 0 Å². The predicted molar refractivity (Wildman–Crippen MR) is 68.1 cm³/mol. The molecule has 1 aliphatic heterocycles. The molecule has 0 spiro atoms. The number of hydrogen-bond acceptors (Lipinski definition) is 1. The summed E-state index contributed by atoms with van der Waals surface area (Å²) >= 11 is 0. The van der Waals surface area contributed by atoms with Crippen LogP contribution in [0, 0.1) is 0 Å². The quantitative estimate of drug-likeness (QED) is 0.847. The number of amides is 1. The lowest BCUT2D eigenvalue weighted by Gasteiger charge is -2.14. The van der Waals surface area contributed by atoms with Crippen molar-refractivity contribution in [1.29, 1.82) is 0 Å². The van der Waals surface area contributed by atoms with Gasteiger partial charge in [-0.25, -0.2) is 0 Å². The molecule has 0 bridgehead atoms. The lowest BCUT2D eigenvalue weighted by atomic mass is 9.93. The third-order valence-electron chi connectivity index (χ3n) is 3.37. The Morgan fingerprint density at radius 3 is 2.30 bits per heavy atom. The fourth-order valence-corrected chi connectivity index (χ4v) is 2.47. The first kappa shape index (κ1) is 12.7. The number of nitrogens with one attached hydrogen (secondary N) is 1. The summed E-state index contributed by atoms with van der Waals surface area (Å²) in [4.78, 5) is 11.6. The van der Waals surface area contributed by atoms with Gasteiger partial charge in [0.2, 0.25) is 0 Å². The van der Waals surface area contributed by atoms with Crippen molar-refractivity contribution in [2.45, 2.75) is 12.7 Å². The van der Waals surface area contributed by atoms with E-state index in [0.29, 0.717) is 16.7 Å². The molecule has 5 heteroatoms. The maximum atomic E-state index is 13.1. The van der Waals surface area contributed by atoms with Crippen LogP contribution in [0.3, 0.4) is 0 Å². The highest BCUT2D eigenvalue weighted by Gasteiger charge is 2.34. The molecular weight excluding hydrogens is 267 g/mol. The van der Waals surface area contributed by atoms with Crippen LogP contribution in [0.5, 0.6) is 0 Å². The molecule has 1 amide bonds. The number of rotatable bonds is 1. The molecule has 1 heterocycles. The smallest absolute Gasteiger partial charge is 0.348 e. The van der Waals surface area contributed by atoms with E-state index in [-0.39, 0.29) is 18.0 Å². The Morgan fingerprint density at radius 2 is 1.55 bits per heavy atom. The monoisotopic (exact) mass is 277 g/mol. The van der Waals surface area contributed by atoms with E-state index in [1.165, 1.54) is 12.1 Å². The normalized spacial score (nSPS) is 14.1. The third kappa shape index (κ3) is 1.95. The van der Waals surface area contributed by atoms with E-state index in [1.807, 2.05) is 0 Å². The summed E-state index contributed by atoms with van der Waals surface area (Å²) in [6.07, 6.45) is -4.42. The SMILES string of the molecule is O=C1NCc2c1cccc2-c1ccccc1C(F)(F)F. The summed E-state index contributed by atoms with van der Waals surface area (Å²) in [7, 11) is 0. The van der Waals surface area contributed by atoms with Crippen molar-refractivity contribution in [2.75, 3.05) is 0 Å². The summed E-state index contributed by atoms with van der Waals surface area (Å²) in [5.41, 5.74) is 0.934. The number of fused-ring (bicyclic) bond motifs is 1. The van der Waals surface area contributed by atoms with Gasteiger partial charge in [-0.05, 0) is 28.8 Å². The van der Waals surface area contributed by atoms with Gasteiger partial charge in [0.25, 0.3) is 5.91 Å². The summed E-state index contributed by atoms with van der Waals surface area (Å²) in [6.45, 7) is 0.260. The van der Waals surface area contributed by atoms with Gasteiger partial charge in [0, 0.05) is 12.1 Å². The molecule has 1 N–H and O–H groups in total. The van der Waals surface area contributed by atoms with E-state index >= 15 is 0 Å². The summed E-state index contributed by atoms with van der Waals surface area (Å²) in [5, 5.41) is 2.63. The van der Waals surface area contributed by atoms with Crippen LogP contribution < -0.4 is 5.32 Å². The van der Waals surface area contributed by atoms with Gasteiger partial charge in [-0.1, -0.05) is 30.3 Å². The maximum Gasteiger partial charge on any atom is 0.417 e. The highest BCUT2D eigenvalue weighted by atomic mass is 19.4. The number of carbonyl (C=O) groups is 1.